The van der Waals surface area contributed by atoms with Crippen molar-refractivity contribution in [2.24, 2.45) is 11.7 Å². The lowest BCUT2D eigenvalue weighted by Gasteiger charge is -2.24. The van der Waals surface area contributed by atoms with Crippen molar-refractivity contribution >= 4 is 5.97 Å². The summed E-state index contributed by atoms with van der Waals surface area (Å²) in [4.78, 5) is 11.2. The Morgan fingerprint density at radius 1 is 1.73 bits per heavy atom. The number of carbonyl (C=O) groups excluding carboxylic acids is 1. The van der Waals surface area contributed by atoms with Gasteiger partial charge in [0.25, 0.3) is 0 Å². The van der Waals surface area contributed by atoms with Crippen LogP contribution in [-0.2, 0) is 9.53 Å². The summed E-state index contributed by atoms with van der Waals surface area (Å²) in [5.74, 6) is 0.0995. The lowest BCUT2D eigenvalue weighted by Crippen LogP contribution is -2.50. The number of rotatable bonds is 3. The Labute approximate surface area is 66.9 Å². The molecule has 1 fully saturated rings. The van der Waals surface area contributed by atoms with Gasteiger partial charge in [0.1, 0.15) is 5.54 Å². The van der Waals surface area contributed by atoms with Crippen LogP contribution in [-0.4, -0.2) is 18.6 Å². The molecule has 1 rings (SSSR count). The molecule has 1 aliphatic carbocycles. The van der Waals surface area contributed by atoms with Crippen LogP contribution in [0.3, 0.4) is 0 Å². The SMILES string of the molecule is CCC(N)(C(=O)OC)C1CC1. The molecule has 1 saturated carbocycles. The van der Waals surface area contributed by atoms with Crippen molar-refractivity contribution in [3.63, 3.8) is 0 Å². The van der Waals surface area contributed by atoms with Gasteiger partial charge in [-0.3, -0.25) is 4.79 Å². The Hall–Kier alpha value is -0.570. The van der Waals surface area contributed by atoms with E-state index >= 15 is 0 Å². The van der Waals surface area contributed by atoms with Crippen molar-refractivity contribution in [1.29, 1.82) is 0 Å². The molecule has 0 radical (unpaired) electrons. The standard InChI is InChI=1S/C8H15NO2/c1-3-8(9,6-4-5-6)7(10)11-2/h6H,3-5,9H2,1-2H3. The van der Waals surface area contributed by atoms with Crippen molar-refractivity contribution in [3.05, 3.63) is 0 Å². The number of esters is 1. The van der Waals surface area contributed by atoms with Crippen LogP contribution in [0, 0.1) is 5.92 Å². The van der Waals surface area contributed by atoms with Gasteiger partial charge >= 0.3 is 5.97 Å². The van der Waals surface area contributed by atoms with E-state index in [-0.39, 0.29) is 5.97 Å². The molecule has 0 aromatic heterocycles. The Morgan fingerprint density at radius 3 is 2.55 bits per heavy atom. The van der Waals surface area contributed by atoms with E-state index in [9.17, 15) is 4.79 Å². The van der Waals surface area contributed by atoms with E-state index in [4.69, 9.17) is 5.73 Å². The molecule has 1 unspecified atom stereocenters. The van der Waals surface area contributed by atoms with Gasteiger partial charge in [0.2, 0.25) is 0 Å². The summed E-state index contributed by atoms with van der Waals surface area (Å²) in [7, 11) is 1.39. The number of nitrogens with two attached hydrogens (primary N) is 1. The minimum absolute atomic E-state index is 0.262. The van der Waals surface area contributed by atoms with E-state index in [1.165, 1.54) is 7.11 Å². The number of hydrogen-bond acceptors (Lipinski definition) is 3. The molecule has 1 atom stereocenters. The lowest BCUT2D eigenvalue weighted by molar-refractivity contribution is -0.148. The van der Waals surface area contributed by atoms with Crippen molar-refractivity contribution in [2.45, 2.75) is 31.7 Å². The van der Waals surface area contributed by atoms with Gasteiger partial charge in [-0.05, 0) is 25.2 Å². The summed E-state index contributed by atoms with van der Waals surface area (Å²) in [6.45, 7) is 1.93. The Bertz CT molecular complexity index is 165. The van der Waals surface area contributed by atoms with Crippen LogP contribution in [0.15, 0.2) is 0 Å². The number of hydrogen-bond donors (Lipinski definition) is 1. The molecule has 0 amide bonds. The zero-order valence-electron chi connectivity index (χ0n) is 7.09. The van der Waals surface area contributed by atoms with Gasteiger partial charge in [0.05, 0.1) is 7.11 Å². The number of ether oxygens (including phenoxy) is 1. The fourth-order valence-corrected chi connectivity index (χ4v) is 1.39. The summed E-state index contributed by atoms with van der Waals surface area (Å²) < 4.78 is 4.64. The van der Waals surface area contributed by atoms with Gasteiger partial charge < -0.3 is 10.5 Å². The van der Waals surface area contributed by atoms with Crippen LogP contribution < -0.4 is 5.73 Å². The first-order valence-electron chi connectivity index (χ1n) is 4.02. The molecule has 0 saturated heterocycles. The molecule has 11 heavy (non-hydrogen) atoms. The predicted octanol–water partition coefficient (Wildman–Crippen LogP) is 0.677. The average molecular weight is 157 g/mol. The van der Waals surface area contributed by atoms with Crippen LogP contribution in [0.2, 0.25) is 0 Å². The first-order valence-corrected chi connectivity index (χ1v) is 4.02. The van der Waals surface area contributed by atoms with E-state index in [0.29, 0.717) is 12.3 Å². The highest BCUT2D eigenvalue weighted by molar-refractivity contribution is 5.81. The fraction of sp³-hybridized carbons (Fsp3) is 0.875. The van der Waals surface area contributed by atoms with Gasteiger partial charge in [-0.25, -0.2) is 0 Å². The van der Waals surface area contributed by atoms with Crippen LogP contribution in [0.1, 0.15) is 26.2 Å². The Balaban J connectivity index is 2.64. The maximum absolute atomic E-state index is 11.2. The molecule has 3 nitrogen and oxygen atoms in total. The molecule has 2 N–H and O–H groups in total. The highest BCUT2D eigenvalue weighted by atomic mass is 16.5. The molecular formula is C8H15NO2. The van der Waals surface area contributed by atoms with Crippen LogP contribution in [0.4, 0.5) is 0 Å². The predicted molar refractivity (Wildman–Crippen MR) is 41.9 cm³/mol. The smallest absolute Gasteiger partial charge is 0.326 e. The van der Waals surface area contributed by atoms with Crippen molar-refractivity contribution < 1.29 is 9.53 Å². The second kappa shape index (κ2) is 2.81. The summed E-state index contributed by atoms with van der Waals surface area (Å²) in [5, 5.41) is 0. The van der Waals surface area contributed by atoms with Crippen LogP contribution in [0.5, 0.6) is 0 Å². The summed E-state index contributed by atoms with van der Waals surface area (Å²) in [5.41, 5.74) is 5.18. The van der Waals surface area contributed by atoms with E-state index in [0.717, 1.165) is 12.8 Å². The highest BCUT2D eigenvalue weighted by Gasteiger charge is 2.47. The second-order valence-corrected chi connectivity index (χ2v) is 3.16. The largest absolute Gasteiger partial charge is 0.468 e. The third-order valence-electron chi connectivity index (χ3n) is 2.46. The first-order chi connectivity index (χ1) is 5.15. The molecule has 0 aromatic carbocycles. The molecular weight excluding hydrogens is 142 g/mol. The summed E-state index contributed by atoms with van der Waals surface area (Å²) >= 11 is 0. The maximum Gasteiger partial charge on any atom is 0.326 e. The van der Waals surface area contributed by atoms with E-state index < -0.39 is 5.54 Å². The summed E-state index contributed by atoms with van der Waals surface area (Å²) in [6, 6.07) is 0. The first kappa shape index (κ1) is 8.53. The molecule has 0 aromatic rings. The average Bonchev–Trinajstić information content (AvgIpc) is 2.84. The molecule has 64 valence electrons. The van der Waals surface area contributed by atoms with E-state index in [2.05, 4.69) is 4.74 Å². The third-order valence-corrected chi connectivity index (χ3v) is 2.46. The number of methoxy groups -OCH3 is 1. The van der Waals surface area contributed by atoms with Gasteiger partial charge in [-0.1, -0.05) is 6.92 Å². The zero-order valence-corrected chi connectivity index (χ0v) is 7.09. The van der Waals surface area contributed by atoms with Crippen molar-refractivity contribution in [1.82, 2.24) is 0 Å². The third kappa shape index (κ3) is 1.38. The lowest BCUT2D eigenvalue weighted by atomic mass is 9.92. The van der Waals surface area contributed by atoms with Crippen LogP contribution >= 0.6 is 0 Å². The minimum atomic E-state index is -0.700. The Kier molecular flexibility index (Phi) is 2.18. The molecule has 0 bridgehead atoms. The van der Waals surface area contributed by atoms with E-state index in [1.807, 2.05) is 6.92 Å². The topological polar surface area (TPSA) is 52.3 Å². The van der Waals surface area contributed by atoms with Gasteiger partial charge in [0, 0.05) is 0 Å². The fourth-order valence-electron chi connectivity index (χ4n) is 1.39. The molecule has 0 aliphatic heterocycles. The van der Waals surface area contributed by atoms with Crippen molar-refractivity contribution in [2.75, 3.05) is 7.11 Å². The second-order valence-electron chi connectivity index (χ2n) is 3.16. The number of carbonyl (C=O) groups is 1. The highest BCUT2D eigenvalue weighted by Crippen LogP contribution is 2.40. The monoisotopic (exact) mass is 157 g/mol. The molecule has 1 aliphatic rings. The quantitative estimate of drug-likeness (QED) is 0.613. The zero-order chi connectivity index (χ0) is 8.48. The summed E-state index contributed by atoms with van der Waals surface area (Å²) in [6.07, 6.45) is 2.81. The molecule has 0 spiro atoms. The van der Waals surface area contributed by atoms with E-state index in [1.54, 1.807) is 0 Å². The molecule has 3 heteroatoms. The van der Waals surface area contributed by atoms with Gasteiger partial charge in [-0.15, -0.1) is 0 Å². The van der Waals surface area contributed by atoms with Gasteiger partial charge in [0.15, 0.2) is 0 Å². The maximum atomic E-state index is 11.2. The minimum Gasteiger partial charge on any atom is -0.468 e. The normalized spacial score (nSPS) is 22.5. The Morgan fingerprint density at radius 2 is 2.27 bits per heavy atom. The van der Waals surface area contributed by atoms with Crippen molar-refractivity contribution in [3.8, 4) is 0 Å². The molecule has 0 heterocycles. The van der Waals surface area contributed by atoms with Gasteiger partial charge in [-0.2, -0.15) is 0 Å². The van der Waals surface area contributed by atoms with Crippen LogP contribution in [0.25, 0.3) is 0 Å².